The Balaban J connectivity index is 1.90. The molecule has 2 aromatic carbocycles. The predicted molar refractivity (Wildman–Crippen MR) is 82.8 cm³/mol. The average Bonchev–Trinajstić information content (AvgIpc) is 2.52. The van der Waals surface area contributed by atoms with Crippen molar-refractivity contribution in [2.45, 2.75) is 13.5 Å². The van der Waals surface area contributed by atoms with E-state index in [9.17, 15) is 9.18 Å². The molecular weight excluding hydrogens is 283 g/mol. The second-order valence-corrected chi connectivity index (χ2v) is 4.57. The molecule has 0 aliphatic rings. The molecule has 0 radical (unpaired) electrons. The van der Waals surface area contributed by atoms with Gasteiger partial charge in [-0.2, -0.15) is 0 Å². The van der Waals surface area contributed by atoms with Gasteiger partial charge in [0, 0.05) is 6.08 Å². The molecule has 0 spiro atoms. The fraction of sp³-hybridized carbons (Fsp3) is 0.167. The molecular formula is C18H17FO3. The van der Waals surface area contributed by atoms with E-state index in [1.54, 1.807) is 37.3 Å². The van der Waals surface area contributed by atoms with Crippen LogP contribution in [-0.4, -0.2) is 12.6 Å². The summed E-state index contributed by atoms with van der Waals surface area (Å²) in [4.78, 5) is 11.2. The Morgan fingerprint density at radius 1 is 1.18 bits per heavy atom. The molecule has 0 unspecified atom stereocenters. The highest BCUT2D eigenvalue weighted by Gasteiger charge is 1.98. The third-order valence-corrected chi connectivity index (χ3v) is 2.87. The number of benzene rings is 2. The molecule has 0 saturated heterocycles. The Bertz CT molecular complexity index is 648. The molecule has 0 atom stereocenters. The van der Waals surface area contributed by atoms with Crippen LogP contribution in [0.3, 0.4) is 0 Å². The van der Waals surface area contributed by atoms with Crippen molar-refractivity contribution >= 4 is 12.0 Å². The van der Waals surface area contributed by atoms with Gasteiger partial charge in [0.2, 0.25) is 0 Å². The van der Waals surface area contributed by atoms with Crippen molar-refractivity contribution in [2.24, 2.45) is 0 Å². The van der Waals surface area contributed by atoms with Crippen LogP contribution in [0.1, 0.15) is 18.1 Å². The first-order chi connectivity index (χ1) is 10.7. The summed E-state index contributed by atoms with van der Waals surface area (Å²) in [5.74, 6) is 0.0343. The van der Waals surface area contributed by atoms with Crippen LogP contribution < -0.4 is 4.74 Å². The van der Waals surface area contributed by atoms with E-state index in [0.717, 1.165) is 11.1 Å². The van der Waals surface area contributed by atoms with E-state index >= 15 is 0 Å². The molecule has 114 valence electrons. The molecule has 0 aromatic heterocycles. The van der Waals surface area contributed by atoms with Gasteiger partial charge in [0.05, 0.1) is 6.61 Å². The van der Waals surface area contributed by atoms with Gasteiger partial charge in [0.15, 0.2) is 0 Å². The van der Waals surface area contributed by atoms with Crippen LogP contribution in [0.4, 0.5) is 4.39 Å². The standard InChI is InChI=1S/C18H17FO3/c1-2-21-18(20)11-8-14-6-9-17(10-7-14)22-13-15-4-3-5-16(19)12-15/h3-12H,2,13H2,1H3/b11-8+. The van der Waals surface area contributed by atoms with E-state index < -0.39 is 0 Å². The van der Waals surface area contributed by atoms with Crippen LogP contribution in [0.5, 0.6) is 5.75 Å². The van der Waals surface area contributed by atoms with Crippen molar-refractivity contribution in [1.82, 2.24) is 0 Å². The number of rotatable bonds is 6. The molecule has 0 N–H and O–H groups in total. The van der Waals surface area contributed by atoms with Gasteiger partial charge < -0.3 is 9.47 Å². The molecule has 2 rings (SSSR count). The zero-order chi connectivity index (χ0) is 15.8. The molecule has 0 fully saturated rings. The summed E-state index contributed by atoms with van der Waals surface area (Å²) >= 11 is 0. The third-order valence-electron chi connectivity index (χ3n) is 2.87. The number of halogens is 1. The monoisotopic (exact) mass is 300 g/mol. The second kappa shape index (κ2) is 7.98. The van der Waals surface area contributed by atoms with E-state index in [0.29, 0.717) is 19.0 Å². The molecule has 3 nitrogen and oxygen atoms in total. The van der Waals surface area contributed by atoms with Crippen molar-refractivity contribution in [1.29, 1.82) is 0 Å². The van der Waals surface area contributed by atoms with Gasteiger partial charge in [-0.15, -0.1) is 0 Å². The van der Waals surface area contributed by atoms with E-state index in [1.165, 1.54) is 18.2 Å². The fourth-order valence-corrected chi connectivity index (χ4v) is 1.82. The Labute approximate surface area is 129 Å². The number of hydrogen-bond donors (Lipinski definition) is 0. The summed E-state index contributed by atoms with van der Waals surface area (Å²) in [5, 5.41) is 0. The molecule has 2 aromatic rings. The highest BCUT2D eigenvalue weighted by atomic mass is 19.1. The highest BCUT2D eigenvalue weighted by molar-refractivity contribution is 5.87. The van der Waals surface area contributed by atoms with E-state index in [-0.39, 0.29) is 11.8 Å². The molecule has 4 heteroatoms. The topological polar surface area (TPSA) is 35.5 Å². The molecule has 0 aliphatic carbocycles. The van der Waals surface area contributed by atoms with E-state index in [1.807, 2.05) is 12.1 Å². The number of esters is 1. The van der Waals surface area contributed by atoms with Gasteiger partial charge in [-0.3, -0.25) is 0 Å². The lowest BCUT2D eigenvalue weighted by Crippen LogP contribution is -1.98. The summed E-state index contributed by atoms with van der Waals surface area (Å²) in [6, 6.07) is 13.5. The minimum absolute atomic E-state index is 0.277. The zero-order valence-electron chi connectivity index (χ0n) is 12.3. The van der Waals surface area contributed by atoms with Gasteiger partial charge in [-0.25, -0.2) is 9.18 Å². The lowest BCUT2D eigenvalue weighted by Gasteiger charge is -2.06. The molecule has 0 saturated carbocycles. The quantitative estimate of drug-likeness (QED) is 0.598. The number of ether oxygens (including phenoxy) is 2. The maximum atomic E-state index is 13.0. The van der Waals surface area contributed by atoms with Gasteiger partial charge >= 0.3 is 5.97 Å². The van der Waals surface area contributed by atoms with Gasteiger partial charge in [-0.1, -0.05) is 24.3 Å². The Morgan fingerprint density at radius 3 is 2.64 bits per heavy atom. The van der Waals surface area contributed by atoms with Crippen molar-refractivity contribution in [3.63, 3.8) is 0 Å². The van der Waals surface area contributed by atoms with Crippen LogP contribution in [0.2, 0.25) is 0 Å². The molecule has 0 heterocycles. The number of hydrogen-bond acceptors (Lipinski definition) is 3. The normalized spacial score (nSPS) is 10.6. The first kappa shape index (κ1) is 15.8. The second-order valence-electron chi connectivity index (χ2n) is 4.57. The van der Waals surface area contributed by atoms with Crippen LogP contribution in [0.15, 0.2) is 54.6 Å². The van der Waals surface area contributed by atoms with Gasteiger partial charge in [-0.05, 0) is 48.4 Å². The molecule has 0 amide bonds. The Hall–Kier alpha value is -2.62. The predicted octanol–water partition coefficient (Wildman–Crippen LogP) is 3.98. The molecule has 22 heavy (non-hydrogen) atoms. The first-order valence-electron chi connectivity index (χ1n) is 6.99. The van der Waals surface area contributed by atoms with Gasteiger partial charge in [0.25, 0.3) is 0 Å². The van der Waals surface area contributed by atoms with Crippen LogP contribution >= 0.6 is 0 Å². The zero-order valence-corrected chi connectivity index (χ0v) is 12.3. The van der Waals surface area contributed by atoms with Crippen molar-refractivity contribution in [3.8, 4) is 5.75 Å². The summed E-state index contributed by atoms with van der Waals surface area (Å²) < 4.78 is 23.4. The molecule has 0 bridgehead atoms. The van der Waals surface area contributed by atoms with E-state index in [4.69, 9.17) is 9.47 Å². The highest BCUT2D eigenvalue weighted by Crippen LogP contribution is 2.15. The maximum Gasteiger partial charge on any atom is 0.330 e. The van der Waals surface area contributed by atoms with Crippen molar-refractivity contribution in [3.05, 3.63) is 71.6 Å². The largest absolute Gasteiger partial charge is 0.489 e. The maximum absolute atomic E-state index is 13.0. The van der Waals surface area contributed by atoms with E-state index in [2.05, 4.69) is 0 Å². The number of carbonyl (C=O) groups is 1. The minimum atomic E-state index is -0.367. The van der Waals surface area contributed by atoms with Gasteiger partial charge in [0.1, 0.15) is 18.2 Å². The summed E-state index contributed by atoms with van der Waals surface area (Å²) in [5.41, 5.74) is 1.64. The fourth-order valence-electron chi connectivity index (χ4n) is 1.82. The van der Waals surface area contributed by atoms with Crippen molar-refractivity contribution < 1.29 is 18.7 Å². The Kier molecular flexibility index (Phi) is 5.72. The van der Waals surface area contributed by atoms with Crippen LogP contribution in [-0.2, 0) is 16.1 Å². The van der Waals surface area contributed by atoms with Crippen LogP contribution in [0, 0.1) is 5.82 Å². The van der Waals surface area contributed by atoms with Crippen molar-refractivity contribution in [2.75, 3.05) is 6.61 Å². The lowest BCUT2D eigenvalue weighted by molar-refractivity contribution is -0.137. The summed E-state index contributed by atoms with van der Waals surface area (Å²) in [7, 11) is 0. The average molecular weight is 300 g/mol. The Morgan fingerprint density at radius 2 is 1.95 bits per heavy atom. The lowest BCUT2D eigenvalue weighted by atomic mass is 10.2. The summed E-state index contributed by atoms with van der Waals surface area (Å²) in [6.45, 7) is 2.42. The van der Waals surface area contributed by atoms with Crippen LogP contribution in [0.25, 0.3) is 6.08 Å². The summed E-state index contributed by atoms with van der Waals surface area (Å²) in [6.07, 6.45) is 3.06. The minimum Gasteiger partial charge on any atom is -0.489 e. The SMILES string of the molecule is CCOC(=O)/C=C/c1ccc(OCc2cccc(F)c2)cc1. The molecule has 0 aliphatic heterocycles. The first-order valence-corrected chi connectivity index (χ1v) is 6.99. The number of carbonyl (C=O) groups excluding carboxylic acids is 1. The smallest absolute Gasteiger partial charge is 0.330 e. The third kappa shape index (κ3) is 5.05.